The molecule has 2 heterocycles. The van der Waals surface area contributed by atoms with Gasteiger partial charge in [0, 0.05) is 12.4 Å². The van der Waals surface area contributed by atoms with Crippen LogP contribution in [0.3, 0.4) is 0 Å². The van der Waals surface area contributed by atoms with Crippen molar-refractivity contribution >= 4 is 17.6 Å². The van der Waals surface area contributed by atoms with Crippen LogP contribution in [0.1, 0.15) is 15.2 Å². The van der Waals surface area contributed by atoms with Gasteiger partial charge < -0.3 is 4.74 Å². The number of thiazole rings is 1. The number of ether oxygens (including phenoxy) is 1. The summed E-state index contributed by atoms with van der Waals surface area (Å²) in [7, 11) is 0. The van der Waals surface area contributed by atoms with Crippen molar-refractivity contribution in [2.45, 2.75) is 13.5 Å². The lowest BCUT2D eigenvalue weighted by Gasteiger charge is -2.08. The van der Waals surface area contributed by atoms with E-state index in [2.05, 4.69) is 14.7 Å². The molecule has 0 amide bonds. The van der Waals surface area contributed by atoms with Crippen LogP contribution in [0.25, 0.3) is 10.6 Å². The Balaban J connectivity index is 2.46. The molecule has 0 unspecified atom stereocenters. The molecule has 7 heteroatoms. The summed E-state index contributed by atoms with van der Waals surface area (Å²) in [5.41, 5.74) is 1.14. The van der Waals surface area contributed by atoms with Crippen molar-refractivity contribution in [2.24, 2.45) is 0 Å². The van der Waals surface area contributed by atoms with E-state index in [1.807, 2.05) is 0 Å². The van der Waals surface area contributed by atoms with Gasteiger partial charge >= 0.3 is 6.61 Å². The van der Waals surface area contributed by atoms with Crippen LogP contribution in [0.2, 0.25) is 0 Å². The second kappa shape index (κ2) is 5.18. The van der Waals surface area contributed by atoms with Crippen molar-refractivity contribution in [2.75, 3.05) is 0 Å². The standard InChI is InChI=1S/C11H8F2N2O2S/c1-6-2-8(9(14-3-6)17-11(12)13)10-15-4-7(5-16)18-10/h2-5,11H,1H3. The Kier molecular flexibility index (Phi) is 3.61. The monoisotopic (exact) mass is 270 g/mol. The van der Waals surface area contributed by atoms with Gasteiger partial charge in [0.2, 0.25) is 5.88 Å². The van der Waals surface area contributed by atoms with Gasteiger partial charge in [0.05, 0.1) is 10.4 Å². The maximum absolute atomic E-state index is 12.3. The number of hydrogen-bond acceptors (Lipinski definition) is 5. The van der Waals surface area contributed by atoms with Crippen molar-refractivity contribution in [3.8, 4) is 16.5 Å². The molecule has 0 aliphatic carbocycles. The van der Waals surface area contributed by atoms with Crippen LogP contribution < -0.4 is 4.74 Å². The second-order valence-electron chi connectivity index (χ2n) is 3.43. The van der Waals surface area contributed by atoms with E-state index in [4.69, 9.17) is 0 Å². The van der Waals surface area contributed by atoms with Gasteiger partial charge in [0.1, 0.15) is 5.01 Å². The fourth-order valence-electron chi connectivity index (χ4n) is 1.35. The maximum Gasteiger partial charge on any atom is 0.388 e. The SMILES string of the molecule is Cc1cnc(OC(F)F)c(-c2ncc(C=O)s2)c1. The quantitative estimate of drug-likeness (QED) is 0.801. The highest BCUT2D eigenvalue weighted by atomic mass is 32.1. The second-order valence-corrected chi connectivity index (χ2v) is 4.49. The minimum absolute atomic E-state index is 0.192. The van der Waals surface area contributed by atoms with Gasteiger partial charge in [-0.15, -0.1) is 11.3 Å². The van der Waals surface area contributed by atoms with E-state index in [0.29, 0.717) is 21.7 Å². The minimum Gasteiger partial charge on any atom is -0.416 e. The highest BCUT2D eigenvalue weighted by molar-refractivity contribution is 7.16. The first kappa shape index (κ1) is 12.6. The van der Waals surface area contributed by atoms with Crippen LogP contribution in [-0.4, -0.2) is 22.9 Å². The Bertz CT molecular complexity index is 572. The van der Waals surface area contributed by atoms with Crippen LogP contribution in [0.5, 0.6) is 5.88 Å². The Morgan fingerprint density at radius 3 is 2.78 bits per heavy atom. The third kappa shape index (κ3) is 2.67. The minimum atomic E-state index is -2.95. The van der Waals surface area contributed by atoms with E-state index in [9.17, 15) is 13.6 Å². The normalized spacial score (nSPS) is 10.7. The van der Waals surface area contributed by atoms with Crippen molar-refractivity contribution in [1.82, 2.24) is 9.97 Å². The third-order valence-corrected chi connectivity index (χ3v) is 3.01. The molecular weight excluding hydrogens is 262 g/mol. The molecule has 0 bridgehead atoms. The zero-order valence-electron chi connectivity index (χ0n) is 9.26. The summed E-state index contributed by atoms with van der Waals surface area (Å²) < 4.78 is 28.8. The molecule has 0 N–H and O–H groups in total. The Morgan fingerprint density at radius 2 is 2.17 bits per heavy atom. The number of halogens is 2. The number of carbonyl (C=O) groups is 1. The molecule has 4 nitrogen and oxygen atoms in total. The summed E-state index contributed by atoms with van der Waals surface area (Å²) in [5, 5.41) is 0.420. The number of rotatable bonds is 4. The topological polar surface area (TPSA) is 52.1 Å². The van der Waals surface area contributed by atoms with E-state index < -0.39 is 6.61 Å². The molecule has 0 saturated carbocycles. The Hall–Kier alpha value is -1.89. The number of hydrogen-bond donors (Lipinski definition) is 0. The molecule has 2 rings (SSSR count). The largest absolute Gasteiger partial charge is 0.416 e. The summed E-state index contributed by atoms with van der Waals surface area (Å²) in [4.78, 5) is 18.8. The molecule has 0 saturated heterocycles. The van der Waals surface area contributed by atoms with Crippen LogP contribution in [0, 0.1) is 6.92 Å². The molecule has 0 fully saturated rings. The Morgan fingerprint density at radius 1 is 1.39 bits per heavy atom. The summed E-state index contributed by atoms with van der Waals surface area (Å²) in [6.45, 7) is -1.18. The van der Waals surface area contributed by atoms with Gasteiger partial charge in [-0.3, -0.25) is 4.79 Å². The zero-order chi connectivity index (χ0) is 13.1. The highest BCUT2D eigenvalue weighted by Crippen LogP contribution is 2.32. The fraction of sp³-hybridized carbons (Fsp3) is 0.182. The van der Waals surface area contributed by atoms with Gasteiger partial charge in [-0.25, -0.2) is 9.97 Å². The Labute approximate surface area is 105 Å². The molecule has 0 aliphatic heterocycles. The van der Waals surface area contributed by atoms with Gasteiger partial charge in [0.15, 0.2) is 6.29 Å². The average Bonchev–Trinajstić information content (AvgIpc) is 2.79. The van der Waals surface area contributed by atoms with Crippen LogP contribution in [0.15, 0.2) is 18.5 Å². The number of aromatic nitrogens is 2. The predicted octanol–water partition coefficient (Wildman–Crippen LogP) is 2.93. The average molecular weight is 270 g/mol. The van der Waals surface area contributed by atoms with Gasteiger partial charge in [0.25, 0.3) is 0 Å². The molecule has 2 aromatic heterocycles. The zero-order valence-corrected chi connectivity index (χ0v) is 10.1. The van der Waals surface area contributed by atoms with Crippen molar-refractivity contribution in [1.29, 1.82) is 0 Å². The van der Waals surface area contributed by atoms with E-state index in [1.165, 1.54) is 12.4 Å². The predicted molar refractivity (Wildman–Crippen MR) is 62.1 cm³/mol. The maximum atomic E-state index is 12.3. The molecule has 18 heavy (non-hydrogen) atoms. The highest BCUT2D eigenvalue weighted by Gasteiger charge is 2.15. The molecule has 0 aliphatic rings. The van der Waals surface area contributed by atoms with Gasteiger partial charge in [-0.2, -0.15) is 8.78 Å². The van der Waals surface area contributed by atoms with Crippen LogP contribution >= 0.6 is 11.3 Å². The van der Waals surface area contributed by atoms with Gasteiger partial charge in [-0.1, -0.05) is 0 Å². The smallest absolute Gasteiger partial charge is 0.388 e. The summed E-state index contributed by atoms with van der Waals surface area (Å²) in [6.07, 6.45) is 3.45. The molecule has 0 spiro atoms. The first-order valence-electron chi connectivity index (χ1n) is 4.93. The molecule has 2 aromatic rings. The molecule has 0 atom stereocenters. The number of nitrogens with zero attached hydrogens (tertiary/aromatic N) is 2. The van der Waals surface area contributed by atoms with Crippen molar-refractivity contribution < 1.29 is 18.3 Å². The van der Waals surface area contributed by atoms with Crippen molar-refractivity contribution in [3.05, 3.63) is 28.9 Å². The number of aldehydes is 1. The lowest BCUT2D eigenvalue weighted by molar-refractivity contribution is -0.0524. The lowest BCUT2D eigenvalue weighted by Crippen LogP contribution is -2.05. The van der Waals surface area contributed by atoms with E-state index in [0.717, 1.165) is 16.9 Å². The number of pyridine rings is 1. The van der Waals surface area contributed by atoms with Gasteiger partial charge in [-0.05, 0) is 18.6 Å². The van der Waals surface area contributed by atoms with Crippen molar-refractivity contribution in [3.63, 3.8) is 0 Å². The molecule has 0 radical (unpaired) electrons. The number of alkyl halides is 2. The summed E-state index contributed by atoms with van der Waals surface area (Å²) in [6, 6.07) is 1.64. The molecule has 94 valence electrons. The fourth-order valence-corrected chi connectivity index (χ4v) is 2.09. The lowest BCUT2D eigenvalue weighted by atomic mass is 10.2. The molecule has 0 aromatic carbocycles. The summed E-state index contributed by atoms with van der Waals surface area (Å²) >= 11 is 1.09. The first-order chi connectivity index (χ1) is 8.60. The first-order valence-corrected chi connectivity index (χ1v) is 5.74. The van der Waals surface area contributed by atoms with E-state index >= 15 is 0 Å². The summed E-state index contributed by atoms with van der Waals surface area (Å²) in [5.74, 6) is -0.192. The van der Waals surface area contributed by atoms with Crippen LogP contribution in [-0.2, 0) is 0 Å². The van der Waals surface area contributed by atoms with Crippen LogP contribution in [0.4, 0.5) is 8.78 Å². The van der Waals surface area contributed by atoms with E-state index in [-0.39, 0.29) is 5.88 Å². The number of carbonyl (C=O) groups excluding carboxylic acids is 1. The number of aryl methyl sites for hydroxylation is 1. The van der Waals surface area contributed by atoms with E-state index in [1.54, 1.807) is 13.0 Å². The third-order valence-electron chi connectivity index (χ3n) is 2.06. The molecular formula is C11H8F2N2O2S.